The summed E-state index contributed by atoms with van der Waals surface area (Å²) in [7, 11) is 0. The Labute approximate surface area is 139 Å². The SMILES string of the molecule is CC(C)(C)c1nocc1CNc1cc(C(=O)O)cc2cccnc12. The summed E-state index contributed by atoms with van der Waals surface area (Å²) >= 11 is 0. The molecule has 0 bridgehead atoms. The number of carbonyl (C=O) groups is 1. The molecule has 6 heteroatoms. The molecule has 0 amide bonds. The van der Waals surface area contributed by atoms with E-state index in [-0.39, 0.29) is 11.0 Å². The molecular weight excluding hydrogens is 306 g/mol. The first kappa shape index (κ1) is 16.0. The van der Waals surface area contributed by atoms with Crippen molar-refractivity contribution >= 4 is 22.6 Å². The molecule has 0 spiro atoms. The highest BCUT2D eigenvalue weighted by molar-refractivity contribution is 5.99. The van der Waals surface area contributed by atoms with Gasteiger partial charge in [-0.15, -0.1) is 0 Å². The van der Waals surface area contributed by atoms with Crippen LogP contribution in [-0.2, 0) is 12.0 Å². The fourth-order valence-corrected chi connectivity index (χ4v) is 2.64. The average molecular weight is 325 g/mol. The quantitative estimate of drug-likeness (QED) is 0.758. The minimum absolute atomic E-state index is 0.132. The van der Waals surface area contributed by atoms with Crippen LogP contribution in [-0.4, -0.2) is 21.2 Å². The molecule has 0 fully saturated rings. The van der Waals surface area contributed by atoms with Gasteiger partial charge in [0, 0.05) is 29.1 Å². The number of aromatic carboxylic acids is 1. The van der Waals surface area contributed by atoms with Crippen LogP contribution in [0.15, 0.2) is 41.2 Å². The van der Waals surface area contributed by atoms with Crippen molar-refractivity contribution in [2.45, 2.75) is 32.7 Å². The number of nitrogens with zero attached hydrogens (tertiary/aromatic N) is 2. The van der Waals surface area contributed by atoms with E-state index in [1.165, 1.54) is 0 Å². The molecule has 0 saturated heterocycles. The molecule has 2 heterocycles. The van der Waals surface area contributed by atoms with Crippen molar-refractivity contribution in [3.8, 4) is 0 Å². The lowest BCUT2D eigenvalue weighted by molar-refractivity contribution is 0.0697. The number of carboxylic acids is 1. The molecule has 2 aromatic heterocycles. The normalized spacial score (nSPS) is 11.6. The molecule has 3 aromatic rings. The van der Waals surface area contributed by atoms with Crippen molar-refractivity contribution in [2.24, 2.45) is 0 Å². The lowest BCUT2D eigenvalue weighted by Gasteiger charge is -2.17. The van der Waals surface area contributed by atoms with Crippen LogP contribution in [0.5, 0.6) is 0 Å². The van der Waals surface area contributed by atoms with Gasteiger partial charge < -0.3 is 14.9 Å². The van der Waals surface area contributed by atoms with Crippen LogP contribution >= 0.6 is 0 Å². The number of anilines is 1. The van der Waals surface area contributed by atoms with E-state index in [2.05, 4.69) is 36.2 Å². The van der Waals surface area contributed by atoms with E-state index < -0.39 is 5.97 Å². The van der Waals surface area contributed by atoms with E-state index in [0.29, 0.717) is 12.2 Å². The Bertz CT molecular complexity index is 894. The Balaban J connectivity index is 1.96. The number of benzene rings is 1. The Hall–Kier alpha value is -2.89. The van der Waals surface area contributed by atoms with Gasteiger partial charge in [-0.3, -0.25) is 4.98 Å². The molecule has 0 radical (unpaired) electrons. The summed E-state index contributed by atoms with van der Waals surface area (Å²) in [6.45, 7) is 6.67. The number of hydrogen-bond acceptors (Lipinski definition) is 5. The van der Waals surface area contributed by atoms with Crippen LogP contribution in [0.1, 0.15) is 42.4 Å². The van der Waals surface area contributed by atoms with Gasteiger partial charge in [-0.2, -0.15) is 0 Å². The zero-order chi connectivity index (χ0) is 17.3. The lowest BCUT2D eigenvalue weighted by Crippen LogP contribution is -2.15. The summed E-state index contributed by atoms with van der Waals surface area (Å²) in [5.74, 6) is -0.968. The highest BCUT2D eigenvalue weighted by atomic mass is 16.5. The van der Waals surface area contributed by atoms with Crippen molar-refractivity contribution in [1.82, 2.24) is 10.1 Å². The number of rotatable bonds is 4. The van der Waals surface area contributed by atoms with Gasteiger partial charge in [-0.25, -0.2) is 4.79 Å². The first-order valence-electron chi connectivity index (χ1n) is 7.66. The monoisotopic (exact) mass is 325 g/mol. The second-order valence-corrected chi connectivity index (χ2v) is 6.70. The molecular formula is C18H19N3O3. The summed E-state index contributed by atoms with van der Waals surface area (Å²) in [5.41, 5.74) is 3.31. The standard InChI is InChI=1S/C18H19N3O3/c1-18(2,3)16-13(10-24-21-16)9-20-14-8-12(17(22)23)7-11-5-4-6-19-15(11)14/h4-8,10,20H,9H2,1-3H3,(H,22,23). The number of pyridine rings is 1. The number of aromatic nitrogens is 2. The van der Waals surface area contributed by atoms with Gasteiger partial charge in [0.15, 0.2) is 0 Å². The maximum Gasteiger partial charge on any atom is 0.335 e. The molecule has 0 atom stereocenters. The molecule has 2 N–H and O–H groups in total. The molecule has 0 unspecified atom stereocenters. The van der Waals surface area contributed by atoms with Gasteiger partial charge in [0.2, 0.25) is 0 Å². The Morgan fingerprint density at radius 1 is 1.33 bits per heavy atom. The topological polar surface area (TPSA) is 88.2 Å². The predicted molar refractivity (Wildman–Crippen MR) is 91.2 cm³/mol. The van der Waals surface area contributed by atoms with Crippen LogP contribution in [0.2, 0.25) is 0 Å². The molecule has 6 nitrogen and oxygen atoms in total. The van der Waals surface area contributed by atoms with Crippen LogP contribution in [0, 0.1) is 0 Å². The third kappa shape index (κ3) is 3.08. The summed E-state index contributed by atoms with van der Waals surface area (Å²) in [4.78, 5) is 15.7. The molecule has 0 saturated carbocycles. The van der Waals surface area contributed by atoms with Crippen molar-refractivity contribution in [3.05, 3.63) is 53.5 Å². The number of nitrogens with one attached hydrogen (secondary N) is 1. The minimum Gasteiger partial charge on any atom is -0.478 e. The Morgan fingerprint density at radius 2 is 2.12 bits per heavy atom. The van der Waals surface area contributed by atoms with Gasteiger partial charge in [-0.05, 0) is 18.2 Å². The van der Waals surface area contributed by atoms with Gasteiger partial charge in [0.05, 0.1) is 22.5 Å². The van der Waals surface area contributed by atoms with Crippen molar-refractivity contribution in [2.75, 3.05) is 5.32 Å². The lowest BCUT2D eigenvalue weighted by atomic mass is 9.89. The second kappa shape index (κ2) is 5.96. The van der Waals surface area contributed by atoms with Crippen molar-refractivity contribution < 1.29 is 14.4 Å². The molecule has 0 aliphatic rings. The summed E-state index contributed by atoms with van der Waals surface area (Å²) in [6, 6.07) is 6.85. The van der Waals surface area contributed by atoms with E-state index in [4.69, 9.17) is 4.52 Å². The van der Waals surface area contributed by atoms with Crippen LogP contribution < -0.4 is 5.32 Å². The highest BCUT2D eigenvalue weighted by Gasteiger charge is 2.22. The maximum atomic E-state index is 11.3. The molecule has 0 aliphatic heterocycles. The van der Waals surface area contributed by atoms with E-state index in [0.717, 1.165) is 22.2 Å². The second-order valence-electron chi connectivity index (χ2n) is 6.70. The van der Waals surface area contributed by atoms with Gasteiger partial charge in [0.1, 0.15) is 6.26 Å². The third-order valence-electron chi connectivity index (χ3n) is 3.77. The van der Waals surface area contributed by atoms with E-state index in [1.807, 2.05) is 6.07 Å². The van der Waals surface area contributed by atoms with Gasteiger partial charge in [0.25, 0.3) is 0 Å². The fraction of sp³-hybridized carbons (Fsp3) is 0.278. The van der Waals surface area contributed by atoms with Crippen molar-refractivity contribution in [3.63, 3.8) is 0 Å². The first-order chi connectivity index (χ1) is 11.4. The Kier molecular flexibility index (Phi) is 3.97. The summed E-state index contributed by atoms with van der Waals surface area (Å²) in [5, 5.41) is 17.4. The zero-order valence-electron chi connectivity index (χ0n) is 13.8. The van der Waals surface area contributed by atoms with Crippen LogP contribution in [0.25, 0.3) is 10.9 Å². The summed E-state index contributed by atoms with van der Waals surface area (Å²) in [6.07, 6.45) is 3.30. The van der Waals surface area contributed by atoms with E-state index >= 15 is 0 Å². The maximum absolute atomic E-state index is 11.3. The van der Waals surface area contributed by atoms with E-state index in [9.17, 15) is 9.90 Å². The number of carboxylic acid groups (broad SMARTS) is 1. The zero-order valence-corrected chi connectivity index (χ0v) is 13.8. The van der Waals surface area contributed by atoms with Crippen LogP contribution in [0.4, 0.5) is 5.69 Å². The van der Waals surface area contributed by atoms with Gasteiger partial charge in [-0.1, -0.05) is 32.0 Å². The molecule has 124 valence electrons. The highest BCUT2D eigenvalue weighted by Crippen LogP contribution is 2.27. The smallest absolute Gasteiger partial charge is 0.335 e. The van der Waals surface area contributed by atoms with Gasteiger partial charge >= 0.3 is 5.97 Å². The first-order valence-corrected chi connectivity index (χ1v) is 7.66. The predicted octanol–water partition coefficient (Wildman–Crippen LogP) is 3.83. The molecule has 1 aromatic carbocycles. The fourth-order valence-electron chi connectivity index (χ4n) is 2.64. The molecule has 3 rings (SSSR count). The van der Waals surface area contributed by atoms with Crippen LogP contribution in [0.3, 0.4) is 0 Å². The average Bonchev–Trinajstić information content (AvgIpc) is 3.01. The molecule has 0 aliphatic carbocycles. The summed E-state index contributed by atoms with van der Waals surface area (Å²) < 4.78 is 5.11. The number of fused-ring (bicyclic) bond motifs is 1. The minimum atomic E-state index is -0.968. The van der Waals surface area contributed by atoms with E-state index in [1.54, 1.807) is 30.7 Å². The Morgan fingerprint density at radius 3 is 2.83 bits per heavy atom. The number of hydrogen-bond donors (Lipinski definition) is 2. The largest absolute Gasteiger partial charge is 0.478 e. The molecule has 24 heavy (non-hydrogen) atoms. The third-order valence-corrected chi connectivity index (χ3v) is 3.77. The van der Waals surface area contributed by atoms with Crippen molar-refractivity contribution in [1.29, 1.82) is 0 Å².